The molecule has 0 radical (unpaired) electrons. The highest BCUT2D eigenvalue weighted by Crippen LogP contribution is 2.22. The molecule has 1 aliphatic heterocycles. The van der Waals surface area contributed by atoms with E-state index >= 15 is 0 Å². The molecule has 2 rings (SSSR count). The maximum Gasteiger partial charge on any atom is 0.240 e. The zero-order valence-electron chi connectivity index (χ0n) is 11.4. The minimum absolute atomic E-state index is 0.0437. The Morgan fingerprint density at radius 3 is 2.53 bits per heavy atom. The van der Waals surface area contributed by atoms with Crippen molar-refractivity contribution in [1.82, 2.24) is 10.0 Å². The van der Waals surface area contributed by atoms with E-state index in [1.54, 1.807) is 19.1 Å². The maximum atomic E-state index is 11.8. The average molecular weight is 283 g/mol. The van der Waals surface area contributed by atoms with Crippen LogP contribution in [0.4, 0.5) is 5.69 Å². The summed E-state index contributed by atoms with van der Waals surface area (Å²) in [5.41, 5.74) is 0.990. The van der Waals surface area contributed by atoms with Gasteiger partial charge < -0.3 is 10.6 Å². The lowest BCUT2D eigenvalue weighted by Crippen LogP contribution is -2.36. The third-order valence-electron chi connectivity index (χ3n) is 3.31. The second-order valence-electron chi connectivity index (χ2n) is 5.14. The Bertz CT molecular complexity index is 519. The lowest BCUT2D eigenvalue weighted by atomic mass is 10.0. The molecule has 5 nitrogen and oxygen atoms in total. The molecular weight excluding hydrogens is 262 g/mol. The molecule has 19 heavy (non-hydrogen) atoms. The lowest BCUT2D eigenvalue weighted by molar-refractivity contribution is 0.567. The Hall–Kier alpha value is -1.11. The fraction of sp³-hybridized carbons (Fsp3) is 0.538. The molecule has 0 amide bonds. The average Bonchev–Trinajstić information content (AvgIpc) is 2.76. The minimum atomic E-state index is -3.36. The normalized spacial score (nSPS) is 23.5. The molecule has 0 spiro atoms. The van der Waals surface area contributed by atoms with Crippen LogP contribution in [-0.4, -0.2) is 33.6 Å². The minimum Gasteiger partial charge on any atom is -0.379 e. The number of nitrogens with one attached hydrogen (secondary N) is 3. The molecule has 3 N–H and O–H groups in total. The fourth-order valence-electron chi connectivity index (χ4n) is 2.26. The van der Waals surface area contributed by atoms with E-state index in [1.165, 1.54) is 0 Å². The fourth-order valence-corrected chi connectivity index (χ4v) is 3.30. The van der Waals surface area contributed by atoms with Gasteiger partial charge in [-0.1, -0.05) is 6.92 Å². The number of anilines is 1. The Balaban J connectivity index is 2.10. The number of hydrogen-bond donors (Lipinski definition) is 3. The molecule has 1 atom stereocenters. The first-order valence-electron chi connectivity index (χ1n) is 6.54. The highest BCUT2D eigenvalue weighted by molar-refractivity contribution is 7.89. The van der Waals surface area contributed by atoms with Crippen molar-refractivity contribution < 1.29 is 8.42 Å². The van der Waals surface area contributed by atoms with Crippen molar-refractivity contribution in [3.63, 3.8) is 0 Å². The van der Waals surface area contributed by atoms with Gasteiger partial charge in [0.05, 0.1) is 4.90 Å². The summed E-state index contributed by atoms with van der Waals surface area (Å²) in [6, 6.07) is 6.89. The van der Waals surface area contributed by atoms with Gasteiger partial charge in [-0.3, -0.25) is 0 Å². The Kier molecular flexibility index (Phi) is 4.13. The van der Waals surface area contributed by atoms with E-state index in [4.69, 9.17) is 0 Å². The third-order valence-corrected chi connectivity index (χ3v) is 4.88. The van der Waals surface area contributed by atoms with Crippen LogP contribution in [0, 0.1) is 0 Å². The first-order valence-corrected chi connectivity index (χ1v) is 8.02. The summed E-state index contributed by atoms with van der Waals surface area (Å²) in [6.07, 6.45) is 1.06. The molecule has 1 unspecified atom stereocenters. The largest absolute Gasteiger partial charge is 0.379 e. The van der Waals surface area contributed by atoms with Crippen LogP contribution >= 0.6 is 0 Å². The van der Waals surface area contributed by atoms with Gasteiger partial charge in [-0.25, -0.2) is 13.1 Å². The second kappa shape index (κ2) is 5.48. The molecule has 1 aromatic rings. The highest BCUT2D eigenvalue weighted by Gasteiger charge is 2.28. The molecule has 1 aliphatic rings. The van der Waals surface area contributed by atoms with Crippen LogP contribution in [0.5, 0.6) is 0 Å². The summed E-state index contributed by atoms with van der Waals surface area (Å²) in [7, 11) is -3.36. The van der Waals surface area contributed by atoms with Crippen LogP contribution in [-0.2, 0) is 10.0 Å². The molecule has 106 valence electrons. The van der Waals surface area contributed by atoms with Crippen LogP contribution in [0.2, 0.25) is 0 Å². The van der Waals surface area contributed by atoms with E-state index in [1.807, 2.05) is 12.1 Å². The van der Waals surface area contributed by atoms with Crippen LogP contribution in [0.25, 0.3) is 0 Å². The number of hydrogen-bond acceptors (Lipinski definition) is 4. The van der Waals surface area contributed by atoms with Crippen LogP contribution in [0.1, 0.15) is 20.3 Å². The molecule has 1 heterocycles. The van der Waals surface area contributed by atoms with Crippen LogP contribution in [0.15, 0.2) is 29.2 Å². The van der Waals surface area contributed by atoms with Gasteiger partial charge in [-0.2, -0.15) is 0 Å². The maximum absolute atomic E-state index is 11.8. The van der Waals surface area contributed by atoms with Crippen molar-refractivity contribution in [3.05, 3.63) is 24.3 Å². The summed E-state index contributed by atoms with van der Waals surface area (Å²) in [5.74, 6) is 0. The monoisotopic (exact) mass is 283 g/mol. The van der Waals surface area contributed by atoms with Crippen molar-refractivity contribution >= 4 is 15.7 Å². The van der Waals surface area contributed by atoms with Gasteiger partial charge >= 0.3 is 0 Å². The van der Waals surface area contributed by atoms with E-state index in [0.29, 0.717) is 11.4 Å². The highest BCUT2D eigenvalue weighted by atomic mass is 32.2. The van der Waals surface area contributed by atoms with E-state index in [0.717, 1.165) is 25.2 Å². The summed E-state index contributed by atoms with van der Waals surface area (Å²) in [5, 5.41) is 6.77. The molecule has 0 aromatic heterocycles. The summed E-state index contributed by atoms with van der Waals surface area (Å²) in [6.45, 7) is 6.25. The molecule has 1 saturated heterocycles. The Morgan fingerprint density at radius 2 is 2.00 bits per heavy atom. The van der Waals surface area contributed by atoms with E-state index in [9.17, 15) is 8.42 Å². The van der Waals surface area contributed by atoms with Gasteiger partial charge in [0.25, 0.3) is 0 Å². The molecule has 0 bridgehead atoms. The summed E-state index contributed by atoms with van der Waals surface area (Å²) < 4.78 is 26.1. The van der Waals surface area contributed by atoms with E-state index in [-0.39, 0.29) is 5.54 Å². The zero-order valence-corrected chi connectivity index (χ0v) is 12.2. The van der Waals surface area contributed by atoms with Crippen molar-refractivity contribution in [3.8, 4) is 0 Å². The first kappa shape index (κ1) is 14.3. The van der Waals surface area contributed by atoms with Crippen molar-refractivity contribution in [2.45, 2.75) is 30.7 Å². The smallest absolute Gasteiger partial charge is 0.240 e. The predicted octanol–water partition coefficient (Wildman–Crippen LogP) is 1.15. The van der Waals surface area contributed by atoms with Gasteiger partial charge in [0, 0.05) is 24.3 Å². The SMILES string of the molecule is CCNS(=O)(=O)c1ccc(NC2(C)CCNC2)cc1. The summed E-state index contributed by atoms with van der Waals surface area (Å²) >= 11 is 0. The molecule has 6 heteroatoms. The van der Waals surface area contributed by atoms with Crippen molar-refractivity contribution in [2.24, 2.45) is 0 Å². The topological polar surface area (TPSA) is 70.2 Å². The Morgan fingerprint density at radius 1 is 1.32 bits per heavy atom. The lowest BCUT2D eigenvalue weighted by Gasteiger charge is -2.26. The number of rotatable bonds is 5. The van der Waals surface area contributed by atoms with Gasteiger partial charge in [0.1, 0.15) is 0 Å². The molecule has 1 aromatic carbocycles. The number of benzene rings is 1. The van der Waals surface area contributed by atoms with Gasteiger partial charge in [0.2, 0.25) is 10.0 Å². The molecule has 1 fully saturated rings. The second-order valence-corrected chi connectivity index (χ2v) is 6.91. The first-order chi connectivity index (χ1) is 8.95. The van der Waals surface area contributed by atoms with Crippen molar-refractivity contribution in [1.29, 1.82) is 0 Å². The van der Waals surface area contributed by atoms with Crippen molar-refractivity contribution in [2.75, 3.05) is 25.0 Å². The van der Waals surface area contributed by atoms with Gasteiger partial charge in [-0.05, 0) is 44.2 Å². The molecular formula is C13H21N3O2S. The summed E-state index contributed by atoms with van der Waals surface area (Å²) in [4.78, 5) is 0.301. The Labute approximate surface area is 114 Å². The van der Waals surface area contributed by atoms with E-state index in [2.05, 4.69) is 22.3 Å². The quantitative estimate of drug-likeness (QED) is 0.758. The van der Waals surface area contributed by atoms with Crippen LogP contribution < -0.4 is 15.4 Å². The number of sulfonamides is 1. The van der Waals surface area contributed by atoms with E-state index < -0.39 is 10.0 Å². The third kappa shape index (κ3) is 3.46. The predicted molar refractivity (Wildman–Crippen MR) is 76.8 cm³/mol. The van der Waals surface area contributed by atoms with Gasteiger partial charge in [-0.15, -0.1) is 0 Å². The zero-order chi connectivity index (χ0) is 13.9. The molecule has 0 aliphatic carbocycles. The molecule has 0 saturated carbocycles. The van der Waals surface area contributed by atoms with Gasteiger partial charge in [0.15, 0.2) is 0 Å². The standard InChI is InChI=1S/C13H21N3O2S/c1-3-15-19(17,18)12-6-4-11(5-7-12)16-13(2)8-9-14-10-13/h4-7,14-16H,3,8-10H2,1-2H3. The van der Waals surface area contributed by atoms with Crippen LogP contribution in [0.3, 0.4) is 0 Å².